The Labute approximate surface area is 195 Å². The van der Waals surface area contributed by atoms with Gasteiger partial charge in [0.2, 0.25) is 17.8 Å². The van der Waals surface area contributed by atoms with Crippen LogP contribution in [0.15, 0.2) is 66.9 Å². The predicted octanol–water partition coefficient (Wildman–Crippen LogP) is 5.01. The van der Waals surface area contributed by atoms with Crippen molar-refractivity contribution in [2.45, 2.75) is 25.3 Å². The van der Waals surface area contributed by atoms with Gasteiger partial charge in [-0.05, 0) is 42.0 Å². The molecule has 2 N–H and O–H groups in total. The molecule has 1 fully saturated rings. The first-order valence-electron chi connectivity index (χ1n) is 11.3. The van der Waals surface area contributed by atoms with Crippen molar-refractivity contribution in [1.82, 2.24) is 14.9 Å². The van der Waals surface area contributed by atoms with Crippen molar-refractivity contribution in [2.75, 3.05) is 12.4 Å². The number of H-pyrrole nitrogens is 1. The molecule has 3 unspecified atom stereocenters. The molecule has 1 aromatic heterocycles. The number of likely N-dealkylation sites (N-methyl/N-ethyl adjacent to an activating group) is 1. The summed E-state index contributed by atoms with van der Waals surface area (Å²) in [4.78, 5) is 35.8. The Kier molecular flexibility index (Phi) is 4.39. The highest BCUT2D eigenvalue weighted by Gasteiger charge is 2.57. The molecule has 2 amide bonds. The van der Waals surface area contributed by atoms with Gasteiger partial charge in [-0.2, -0.15) is 0 Å². The minimum atomic E-state index is -0.808. The zero-order chi connectivity index (χ0) is 23.6. The lowest BCUT2D eigenvalue weighted by molar-refractivity contribution is -0.151. The summed E-state index contributed by atoms with van der Waals surface area (Å²) in [7, 11) is 1.77. The molecule has 1 saturated heterocycles. The topological polar surface area (TPSA) is 78.1 Å². The summed E-state index contributed by atoms with van der Waals surface area (Å²) < 4.78 is 14.2. The molecule has 4 aromatic rings. The quantitative estimate of drug-likeness (QED) is 0.457. The molecule has 0 saturated carbocycles. The number of aromatic amines is 1. The zero-order valence-corrected chi connectivity index (χ0v) is 18.8. The van der Waals surface area contributed by atoms with Gasteiger partial charge in [-0.3, -0.25) is 14.9 Å². The molecule has 0 radical (unpaired) electrons. The number of aromatic nitrogens is 2. The van der Waals surface area contributed by atoms with E-state index in [1.807, 2.05) is 43.3 Å². The third-order valence-corrected chi connectivity index (χ3v) is 7.41. The first kappa shape index (κ1) is 20.6. The smallest absolute Gasteiger partial charge is 0.235 e. The number of rotatable bonds is 3. The summed E-state index contributed by atoms with van der Waals surface area (Å²) in [5, 5.41) is 4.20. The molecule has 3 aromatic carbocycles. The summed E-state index contributed by atoms with van der Waals surface area (Å²) in [5.41, 5.74) is 2.62. The summed E-state index contributed by atoms with van der Waals surface area (Å²) in [5.74, 6) is -0.445. The maximum absolute atomic E-state index is 14.2. The highest BCUT2D eigenvalue weighted by atomic mass is 19.1. The number of nitrogens with zero attached hydrogens (tertiary/aromatic N) is 2. The van der Waals surface area contributed by atoms with Gasteiger partial charge in [0.1, 0.15) is 5.82 Å². The summed E-state index contributed by atoms with van der Waals surface area (Å²) in [6.45, 7) is 1.91. The van der Waals surface area contributed by atoms with Gasteiger partial charge in [0.25, 0.3) is 0 Å². The lowest BCUT2D eigenvalue weighted by Gasteiger charge is -2.53. The number of anilines is 1. The van der Waals surface area contributed by atoms with Crippen molar-refractivity contribution in [3.8, 4) is 11.3 Å². The fourth-order valence-corrected chi connectivity index (χ4v) is 5.77. The molecule has 7 rings (SSSR count). The number of hydrogen-bond acceptors (Lipinski definition) is 3. The van der Waals surface area contributed by atoms with Gasteiger partial charge in [0.05, 0.1) is 23.1 Å². The molecular weight excluding hydrogens is 431 g/mol. The minimum Gasteiger partial charge on any atom is -0.337 e. The Morgan fingerprint density at radius 1 is 1.09 bits per heavy atom. The van der Waals surface area contributed by atoms with E-state index in [0.29, 0.717) is 23.4 Å². The lowest BCUT2D eigenvalue weighted by atomic mass is 9.60. The Hall–Kier alpha value is -4.00. The molecule has 34 heavy (non-hydrogen) atoms. The number of hydrogen-bond donors (Lipinski definition) is 2. The second-order valence-corrected chi connectivity index (χ2v) is 9.38. The molecule has 3 aliphatic rings. The van der Waals surface area contributed by atoms with E-state index in [2.05, 4.69) is 15.3 Å². The molecule has 7 heteroatoms. The maximum Gasteiger partial charge on any atom is 0.235 e. The lowest BCUT2D eigenvalue weighted by Crippen LogP contribution is -2.57. The van der Waals surface area contributed by atoms with E-state index in [4.69, 9.17) is 0 Å². The highest BCUT2D eigenvalue weighted by Crippen LogP contribution is 2.56. The number of nitrogens with one attached hydrogen (secondary N) is 2. The predicted molar refractivity (Wildman–Crippen MR) is 128 cm³/mol. The SMILES string of the molecule is CN1C(=O)C2CC(C)(C(=O)Nc3nc(-c4ccc(F)c5ccccc45)c[nH]3)C1c1ccccc12. The molecule has 170 valence electrons. The second-order valence-electron chi connectivity index (χ2n) is 9.38. The van der Waals surface area contributed by atoms with Crippen LogP contribution in [0.1, 0.15) is 36.4 Å². The zero-order valence-electron chi connectivity index (χ0n) is 18.8. The van der Waals surface area contributed by atoms with E-state index in [0.717, 1.165) is 22.1 Å². The van der Waals surface area contributed by atoms with Crippen LogP contribution in [0.3, 0.4) is 0 Å². The fraction of sp³-hybridized carbons (Fsp3) is 0.222. The first-order valence-corrected chi connectivity index (χ1v) is 11.3. The molecular formula is C27H23FN4O2. The standard InChI is InChI=1S/C27H23FN4O2/c1-27(13-20-16-8-4-6-10-19(16)23(27)32(2)24(20)33)25(34)31-26-29-14-22(30-26)18-11-12-21(28)17-9-5-3-7-15(17)18/h3-12,14,20,23H,13H2,1-2H3,(H2,29,30,31,34). The maximum atomic E-state index is 14.2. The van der Waals surface area contributed by atoms with Gasteiger partial charge in [-0.1, -0.05) is 48.5 Å². The molecule has 2 bridgehead atoms. The van der Waals surface area contributed by atoms with E-state index >= 15 is 0 Å². The van der Waals surface area contributed by atoms with Gasteiger partial charge < -0.3 is 9.88 Å². The number of carbonyl (C=O) groups excluding carboxylic acids is 2. The number of piperidine rings is 1. The molecule has 3 heterocycles. The first-order chi connectivity index (χ1) is 16.4. The fourth-order valence-electron chi connectivity index (χ4n) is 5.77. The van der Waals surface area contributed by atoms with Crippen molar-refractivity contribution >= 4 is 28.5 Å². The minimum absolute atomic E-state index is 0.0532. The van der Waals surface area contributed by atoms with Crippen molar-refractivity contribution in [3.05, 3.63) is 83.8 Å². The Balaban J connectivity index is 1.32. The molecule has 3 atom stereocenters. The average molecular weight is 455 g/mol. The third kappa shape index (κ3) is 2.83. The van der Waals surface area contributed by atoms with E-state index < -0.39 is 5.41 Å². The van der Waals surface area contributed by atoms with Crippen LogP contribution in [-0.4, -0.2) is 33.7 Å². The van der Waals surface area contributed by atoms with Gasteiger partial charge >= 0.3 is 0 Å². The summed E-state index contributed by atoms with van der Waals surface area (Å²) >= 11 is 0. The van der Waals surface area contributed by atoms with Crippen molar-refractivity contribution < 1.29 is 14.0 Å². The largest absolute Gasteiger partial charge is 0.337 e. The third-order valence-electron chi connectivity index (χ3n) is 7.41. The number of fused-ring (bicyclic) bond motifs is 3. The number of amides is 2. The highest BCUT2D eigenvalue weighted by molar-refractivity contribution is 6.00. The van der Waals surface area contributed by atoms with Crippen molar-refractivity contribution in [1.29, 1.82) is 0 Å². The second kappa shape index (κ2) is 7.25. The molecule has 2 aliphatic heterocycles. The summed E-state index contributed by atoms with van der Waals surface area (Å²) in [6.07, 6.45) is 2.15. The van der Waals surface area contributed by atoms with Crippen LogP contribution in [0.25, 0.3) is 22.0 Å². The van der Waals surface area contributed by atoms with E-state index in [9.17, 15) is 14.0 Å². The monoisotopic (exact) mass is 454 g/mol. The summed E-state index contributed by atoms with van der Waals surface area (Å²) in [6, 6.07) is 17.9. The van der Waals surface area contributed by atoms with Gasteiger partial charge in [-0.15, -0.1) is 0 Å². The Morgan fingerprint density at radius 3 is 2.59 bits per heavy atom. The van der Waals surface area contributed by atoms with Crippen molar-refractivity contribution in [3.63, 3.8) is 0 Å². The number of carbonyl (C=O) groups is 2. The van der Waals surface area contributed by atoms with Gasteiger partial charge in [0, 0.05) is 24.2 Å². The Morgan fingerprint density at radius 2 is 1.79 bits per heavy atom. The average Bonchev–Trinajstić information content (AvgIpc) is 3.30. The number of halogens is 1. The molecule has 6 nitrogen and oxygen atoms in total. The van der Waals surface area contributed by atoms with Crippen LogP contribution < -0.4 is 5.32 Å². The van der Waals surface area contributed by atoms with Crippen LogP contribution >= 0.6 is 0 Å². The van der Waals surface area contributed by atoms with Crippen LogP contribution in [-0.2, 0) is 9.59 Å². The normalized spacial score (nSPS) is 23.3. The van der Waals surface area contributed by atoms with Crippen LogP contribution in [0, 0.1) is 11.2 Å². The van der Waals surface area contributed by atoms with Gasteiger partial charge in [-0.25, -0.2) is 9.37 Å². The van der Waals surface area contributed by atoms with E-state index in [1.54, 1.807) is 36.3 Å². The van der Waals surface area contributed by atoms with Gasteiger partial charge in [0.15, 0.2) is 0 Å². The molecule has 1 aliphatic carbocycles. The van der Waals surface area contributed by atoms with Crippen LogP contribution in [0.2, 0.25) is 0 Å². The number of benzene rings is 3. The molecule has 0 spiro atoms. The van der Waals surface area contributed by atoms with Crippen LogP contribution in [0.4, 0.5) is 10.3 Å². The van der Waals surface area contributed by atoms with E-state index in [-0.39, 0.29) is 29.6 Å². The van der Waals surface area contributed by atoms with E-state index in [1.165, 1.54) is 6.07 Å². The van der Waals surface area contributed by atoms with Crippen molar-refractivity contribution in [2.24, 2.45) is 5.41 Å². The van der Waals surface area contributed by atoms with Crippen LogP contribution in [0.5, 0.6) is 0 Å². The Bertz CT molecular complexity index is 1480. The number of imidazole rings is 1.